The van der Waals surface area contributed by atoms with Gasteiger partial charge in [0, 0.05) is 6.42 Å². The van der Waals surface area contributed by atoms with Crippen LogP contribution in [-0.2, 0) is 11.8 Å². The van der Waals surface area contributed by atoms with Crippen molar-refractivity contribution in [2.75, 3.05) is 0 Å². The smallest absolute Gasteiger partial charge is 0.0839 e. The fourth-order valence-corrected chi connectivity index (χ4v) is 2.01. The fourth-order valence-electron chi connectivity index (χ4n) is 2.01. The summed E-state index contributed by atoms with van der Waals surface area (Å²) in [5, 5.41) is 19.6. The normalized spacial score (nSPS) is 15.4. The van der Waals surface area contributed by atoms with Gasteiger partial charge in [0.1, 0.15) is 0 Å². The van der Waals surface area contributed by atoms with E-state index in [2.05, 4.69) is 32.9 Å². The molecule has 1 rings (SSSR count). The van der Waals surface area contributed by atoms with Crippen molar-refractivity contribution in [3.05, 3.63) is 35.4 Å². The van der Waals surface area contributed by atoms with Gasteiger partial charge in [-0.2, -0.15) is 0 Å². The van der Waals surface area contributed by atoms with Crippen molar-refractivity contribution in [1.82, 2.24) is 0 Å². The summed E-state index contributed by atoms with van der Waals surface area (Å²) in [6.07, 6.45) is 0.788. The first-order chi connectivity index (χ1) is 8.34. The lowest BCUT2D eigenvalue weighted by atomic mass is 9.86. The zero-order valence-corrected chi connectivity index (χ0v) is 12.0. The summed E-state index contributed by atoms with van der Waals surface area (Å²) in [6, 6.07) is 8.30. The molecule has 0 aliphatic rings. The standard InChI is InChI=1S/C16H26O2/c1-5-6-14(17)15(18)11-12-7-9-13(10-8-12)16(2,3)4/h7-10,14-15,17-18H,5-6,11H2,1-4H3. The minimum Gasteiger partial charge on any atom is -0.390 e. The maximum absolute atomic E-state index is 9.88. The molecule has 2 atom stereocenters. The molecule has 2 unspecified atom stereocenters. The third-order valence-electron chi connectivity index (χ3n) is 3.29. The molecule has 0 saturated heterocycles. The topological polar surface area (TPSA) is 40.5 Å². The Morgan fingerprint density at radius 2 is 1.56 bits per heavy atom. The first kappa shape index (κ1) is 15.2. The predicted octanol–water partition coefficient (Wildman–Crippen LogP) is 3.05. The van der Waals surface area contributed by atoms with Crippen LogP contribution in [0.5, 0.6) is 0 Å². The molecule has 18 heavy (non-hydrogen) atoms. The van der Waals surface area contributed by atoms with Gasteiger partial charge >= 0.3 is 0 Å². The van der Waals surface area contributed by atoms with Gasteiger partial charge in [0.25, 0.3) is 0 Å². The Morgan fingerprint density at radius 1 is 1.00 bits per heavy atom. The molecular formula is C16H26O2. The van der Waals surface area contributed by atoms with Crippen molar-refractivity contribution in [2.45, 2.75) is 64.6 Å². The number of hydrogen-bond acceptors (Lipinski definition) is 2. The summed E-state index contributed by atoms with van der Waals surface area (Å²) < 4.78 is 0. The Labute approximate surface area is 111 Å². The van der Waals surface area contributed by atoms with Crippen LogP contribution >= 0.6 is 0 Å². The highest BCUT2D eigenvalue weighted by Crippen LogP contribution is 2.22. The molecule has 1 aromatic carbocycles. The Kier molecular flexibility index (Phi) is 5.36. The Bertz CT molecular complexity index is 348. The second-order valence-corrected chi connectivity index (χ2v) is 6.07. The van der Waals surface area contributed by atoms with Gasteiger partial charge in [-0.05, 0) is 23.0 Å². The molecule has 0 amide bonds. The van der Waals surface area contributed by atoms with Crippen LogP contribution in [0.1, 0.15) is 51.7 Å². The van der Waals surface area contributed by atoms with Crippen LogP contribution in [0.15, 0.2) is 24.3 Å². The van der Waals surface area contributed by atoms with Crippen molar-refractivity contribution < 1.29 is 10.2 Å². The monoisotopic (exact) mass is 250 g/mol. The first-order valence-corrected chi connectivity index (χ1v) is 6.80. The highest BCUT2D eigenvalue weighted by Gasteiger charge is 2.17. The Balaban J connectivity index is 2.64. The van der Waals surface area contributed by atoms with Gasteiger partial charge < -0.3 is 10.2 Å². The van der Waals surface area contributed by atoms with Gasteiger partial charge in [-0.15, -0.1) is 0 Å². The molecule has 0 aromatic heterocycles. The van der Waals surface area contributed by atoms with Crippen molar-refractivity contribution in [1.29, 1.82) is 0 Å². The summed E-state index contributed by atoms with van der Waals surface area (Å²) in [6.45, 7) is 8.56. The van der Waals surface area contributed by atoms with E-state index in [0.717, 1.165) is 12.0 Å². The maximum Gasteiger partial charge on any atom is 0.0839 e. The Morgan fingerprint density at radius 3 is 2.00 bits per heavy atom. The minimum absolute atomic E-state index is 0.152. The third kappa shape index (κ3) is 4.43. The van der Waals surface area contributed by atoms with E-state index in [0.29, 0.717) is 12.8 Å². The van der Waals surface area contributed by atoms with Crippen LogP contribution in [0.25, 0.3) is 0 Å². The van der Waals surface area contributed by atoms with Crippen LogP contribution in [0, 0.1) is 0 Å². The van der Waals surface area contributed by atoms with E-state index < -0.39 is 12.2 Å². The average molecular weight is 250 g/mol. The summed E-state index contributed by atoms with van der Waals surface area (Å²) in [5.41, 5.74) is 2.51. The van der Waals surface area contributed by atoms with Crippen LogP contribution in [0.3, 0.4) is 0 Å². The molecular weight excluding hydrogens is 224 g/mol. The van der Waals surface area contributed by atoms with Crippen molar-refractivity contribution >= 4 is 0 Å². The van der Waals surface area contributed by atoms with Crippen molar-refractivity contribution in [3.8, 4) is 0 Å². The number of aliphatic hydroxyl groups is 2. The fraction of sp³-hybridized carbons (Fsp3) is 0.625. The second-order valence-electron chi connectivity index (χ2n) is 6.07. The van der Waals surface area contributed by atoms with E-state index in [1.165, 1.54) is 5.56 Å². The van der Waals surface area contributed by atoms with Gasteiger partial charge in [-0.3, -0.25) is 0 Å². The third-order valence-corrected chi connectivity index (χ3v) is 3.29. The number of benzene rings is 1. The van der Waals surface area contributed by atoms with Crippen LogP contribution in [-0.4, -0.2) is 22.4 Å². The van der Waals surface area contributed by atoms with Crippen LogP contribution in [0.2, 0.25) is 0 Å². The van der Waals surface area contributed by atoms with Crippen molar-refractivity contribution in [2.24, 2.45) is 0 Å². The molecule has 0 aliphatic heterocycles. The molecule has 0 fully saturated rings. The first-order valence-electron chi connectivity index (χ1n) is 6.80. The van der Waals surface area contributed by atoms with E-state index in [-0.39, 0.29) is 5.41 Å². The maximum atomic E-state index is 9.88. The van der Waals surface area contributed by atoms with E-state index in [1.54, 1.807) is 0 Å². The summed E-state index contributed by atoms with van der Waals surface area (Å²) in [4.78, 5) is 0. The van der Waals surface area contributed by atoms with Gasteiger partial charge in [0.05, 0.1) is 12.2 Å². The van der Waals surface area contributed by atoms with E-state index >= 15 is 0 Å². The molecule has 0 radical (unpaired) electrons. The van der Waals surface area contributed by atoms with Crippen LogP contribution in [0.4, 0.5) is 0 Å². The summed E-state index contributed by atoms with van der Waals surface area (Å²) in [7, 11) is 0. The molecule has 1 aromatic rings. The average Bonchev–Trinajstić information content (AvgIpc) is 2.28. The van der Waals surface area contributed by atoms with Gasteiger partial charge in [0.15, 0.2) is 0 Å². The molecule has 2 nitrogen and oxygen atoms in total. The molecule has 2 heteroatoms. The SMILES string of the molecule is CCCC(O)C(O)Cc1ccc(C(C)(C)C)cc1. The number of aliphatic hydroxyl groups excluding tert-OH is 2. The van der Waals surface area contributed by atoms with Gasteiger partial charge in [0.2, 0.25) is 0 Å². The lowest BCUT2D eigenvalue weighted by Gasteiger charge is -2.20. The molecule has 2 N–H and O–H groups in total. The lowest BCUT2D eigenvalue weighted by molar-refractivity contribution is 0.0148. The predicted molar refractivity (Wildman–Crippen MR) is 75.8 cm³/mol. The van der Waals surface area contributed by atoms with E-state index in [4.69, 9.17) is 0 Å². The molecule has 0 spiro atoms. The summed E-state index contributed by atoms with van der Waals surface area (Å²) >= 11 is 0. The van der Waals surface area contributed by atoms with Gasteiger partial charge in [-0.1, -0.05) is 58.4 Å². The highest BCUT2D eigenvalue weighted by atomic mass is 16.3. The van der Waals surface area contributed by atoms with E-state index in [9.17, 15) is 10.2 Å². The zero-order chi connectivity index (χ0) is 13.8. The molecule has 0 aliphatic carbocycles. The molecule has 0 saturated carbocycles. The molecule has 0 bridgehead atoms. The quantitative estimate of drug-likeness (QED) is 0.843. The van der Waals surface area contributed by atoms with Crippen molar-refractivity contribution in [3.63, 3.8) is 0 Å². The van der Waals surface area contributed by atoms with Crippen LogP contribution < -0.4 is 0 Å². The highest BCUT2D eigenvalue weighted by molar-refractivity contribution is 5.27. The Hall–Kier alpha value is -0.860. The molecule has 102 valence electrons. The van der Waals surface area contributed by atoms with E-state index in [1.807, 2.05) is 19.1 Å². The number of rotatable bonds is 5. The molecule has 0 heterocycles. The largest absolute Gasteiger partial charge is 0.390 e. The zero-order valence-electron chi connectivity index (χ0n) is 12.0. The number of hydrogen-bond donors (Lipinski definition) is 2. The van der Waals surface area contributed by atoms with Gasteiger partial charge in [-0.25, -0.2) is 0 Å². The lowest BCUT2D eigenvalue weighted by Crippen LogP contribution is -2.27. The minimum atomic E-state index is -0.662. The summed E-state index contributed by atoms with van der Waals surface area (Å²) in [5.74, 6) is 0. The second kappa shape index (κ2) is 6.35.